The van der Waals surface area contributed by atoms with Gasteiger partial charge in [-0.2, -0.15) is 0 Å². The minimum absolute atomic E-state index is 0.305. The zero-order chi connectivity index (χ0) is 28.6. The normalized spacial score (nSPS) is 15.1. The summed E-state index contributed by atoms with van der Waals surface area (Å²) in [7, 11) is 0. The van der Waals surface area contributed by atoms with Crippen molar-refractivity contribution in [3.8, 4) is 5.75 Å². The molecule has 1 aromatic heterocycles. The van der Waals surface area contributed by atoms with E-state index in [0.29, 0.717) is 19.4 Å². The predicted octanol–water partition coefficient (Wildman–Crippen LogP) is 7.29. The number of esters is 1. The molecule has 1 saturated heterocycles. The van der Waals surface area contributed by atoms with Crippen molar-refractivity contribution in [1.82, 2.24) is 9.88 Å². The Morgan fingerprint density at radius 3 is 2.23 bits per heavy atom. The van der Waals surface area contributed by atoms with Crippen molar-refractivity contribution >= 4 is 28.9 Å². The summed E-state index contributed by atoms with van der Waals surface area (Å²) in [5, 5.41) is -0.890. The molecule has 2 aromatic rings. The molecule has 0 radical (unpaired) electrons. The number of thioether (sulfide) groups is 1. The van der Waals surface area contributed by atoms with E-state index in [-0.39, 0.29) is 23.8 Å². The molecular formula is C32H44N2O5S. The van der Waals surface area contributed by atoms with Crippen LogP contribution in [0.4, 0.5) is 4.79 Å². The van der Waals surface area contributed by atoms with E-state index in [1.54, 1.807) is 0 Å². The highest BCUT2D eigenvalue weighted by molar-refractivity contribution is 8.15. The third kappa shape index (κ3) is 11.0. The Bertz CT molecular complexity index is 1060. The number of imide groups is 1. The van der Waals surface area contributed by atoms with E-state index in [2.05, 4.69) is 24.9 Å². The number of nitrogens with zero attached hydrogens (tertiary/aromatic N) is 2. The molecule has 0 bridgehead atoms. The lowest BCUT2D eigenvalue weighted by Crippen LogP contribution is -2.35. The summed E-state index contributed by atoms with van der Waals surface area (Å²) in [6.45, 7) is 4.54. The van der Waals surface area contributed by atoms with Gasteiger partial charge in [-0.3, -0.25) is 19.4 Å². The van der Waals surface area contributed by atoms with E-state index in [1.807, 2.05) is 36.5 Å². The number of unbranched alkanes of at least 4 members (excludes halogenated alkanes) is 8. The van der Waals surface area contributed by atoms with Gasteiger partial charge in [0.15, 0.2) is 6.73 Å². The topological polar surface area (TPSA) is 85.8 Å². The van der Waals surface area contributed by atoms with Gasteiger partial charge in [-0.05, 0) is 48.6 Å². The second-order valence-corrected chi connectivity index (χ2v) is 11.5. The van der Waals surface area contributed by atoms with Crippen LogP contribution in [0, 0.1) is 0 Å². The number of rotatable bonds is 19. The minimum atomic E-state index is -0.521. The second-order valence-electron chi connectivity index (χ2n) is 10.3. The van der Waals surface area contributed by atoms with Gasteiger partial charge in [0, 0.05) is 24.7 Å². The molecule has 0 N–H and O–H groups in total. The highest BCUT2D eigenvalue weighted by atomic mass is 32.2. The number of aryl methyl sites for hydroxylation is 1. The van der Waals surface area contributed by atoms with Crippen LogP contribution in [0.2, 0.25) is 0 Å². The van der Waals surface area contributed by atoms with Gasteiger partial charge in [0.05, 0.1) is 11.9 Å². The van der Waals surface area contributed by atoms with Gasteiger partial charge >= 0.3 is 5.97 Å². The van der Waals surface area contributed by atoms with Crippen LogP contribution in [-0.4, -0.2) is 45.6 Å². The fraction of sp³-hybridized carbons (Fsp3) is 0.562. The first-order valence-electron chi connectivity index (χ1n) is 14.8. The number of pyridine rings is 1. The first-order valence-corrected chi connectivity index (χ1v) is 15.7. The van der Waals surface area contributed by atoms with E-state index in [0.717, 1.165) is 65.8 Å². The lowest BCUT2D eigenvalue weighted by Gasteiger charge is -2.14. The molecule has 1 aliphatic rings. The Hall–Kier alpha value is -2.87. The maximum Gasteiger partial charge on any atom is 0.307 e. The minimum Gasteiger partial charge on any atom is -0.493 e. The van der Waals surface area contributed by atoms with Gasteiger partial charge in [-0.25, -0.2) is 4.90 Å². The molecule has 8 heteroatoms. The van der Waals surface area contributed by atoms with Crippen LogP contribution in [0.1, 0.15) is 94.9 Å². The molecule has 0 saturated carbocycles. The maximum atomic E-state index is 12.8. The van der Waals surface area contributed by atoms with Gasteiger partial charge in [0.2, 0.25) is 5.91 Å². The Morgan fingerprint density at radius 1 is 0.900 bits per heavy atom. The van der Waals surface area contributed by atoms with E-state index < -0.39 is 5.25 Å². The van der Waals surface area contributed by atoms with Crippen LogP contribution in [0.15, 0.2) is 42.6 Å². The number of ether oxygens (including phenoxy) is 2. The average molecular weight is 569 g/mol. The van der Waals surface area contributed by atoms with Crippen molar-refractivity contribution in [3.05, 3.63) is 59.4 Å². The summed E-state index contributed by atoms with van der Waals surface area (Å²) in [4.78, 5) is 42.8. The summed E-state index contributed by atoms with van der Waals surface area (Å²) >= 11 is 0.988. The van der Waals surface area contributed by atoms with Gasteiger partial charge in [0.25, 0.3) is 5.24 Å². The highest BCUT2D eigenvalue weighted by Gasteiger charge is 2.40. The molecular weight excluding hydrogens is 524 g/mol. The molecule has 1 aliphatic heterocycles. The smallest absolute Gasteiger partial charge is 0.307 e. The van der Waals surface area contributed by atoms with Crippen LogP contribution in [0.3, 0.4) is 0 Å². The summed E-state index contributed by atoms with van der Waals surface area (Å²) in [6.07, 6.45) is 14.9. The van der Waals surface area contributed by atoms with E-state index in [9.17, 15) is 14.4 Å². The molecule has 0 spiro atoms. The largest absolute Gasteiger partial charge is 0.493 e. The summed E-state index contributed by atoms with van der Waals surface area (Å²) in [5.74, 6) is 0.0741. The van der Waals surface area contributed by atoms with Crippen molar-refractivity contribution in [2.24, 2.45) is 0 Å². The zero-order valence-corrected chi connectivity index (χ0v) is 24.9. The summed E-state index contributed by atoms with van der Waals surface area (Å²) < 4.78 is 11.1. The van der Waals surface area contributed by atoms with Gasteiger partial charge in [-0.1, -0.05) is 95.2 Å². The lowest BCUT2D eigenvalue weighted by atomic mass is 10.1. The highest BCUT2D eigenvalue weighted by Crippen LogP contribution is 2.30. The first kappa shape index (κ1) is 31.7. The van der Waals surface area contributed by atoms with E-state index in [1.165, 1.54) is 44.1 Å². The SMILES string of the molecule is CCCCCCCCCCCC(=O)OCN1C(=O)SC(Cc2ccc(OCCc3ccc(CC)cn3)cc2)C1=O. The van der Waals surface area contributed by atoms with Crippen LogP contribution >= 0.6 is 11.8 Å². The first-order chi connectivity index (χ1) is 19.5. The number of carbonyl (C=O) groups excluding carboxylic acids is 3. The molecule has 0 aliphatic carbocycles. The van der Waals surface area contributed by atoms with Crippen molar-refractivity contribution in [1.29, 1.82) is 0 Å². The van der Waals surface area contributed by atoms with Crippen molar-refractivity contribution in [2.45, 2.75) is 103 Å². The molecule has 2 amide bonds. The van der Waals surface area contributed by atoms with Gasteiger partial charge in [0.1, 0.15) is 5.75 Å². The summed E-state index contributed by atoms with van der Waals surface area (Å²) in [5.41, 5.74) is 3.15. The van der Waals surface area contributed by atoms with Crippen LogP contribution in [-0.2, 0) is 33.6 Å². The predicted molar refractivity (Wildman–Crippen MR) is 159 cm³/mol. The second kappa shape index (κ2) is 17.7. The molecule has 218 valence electrons. The Balaban J connectivity index is 1.31. The Labute approximate surface area is 243 Å². The number of carbonyl (C=O) groups is 3. The molecule has 2 heterocycles. The number of amides is 2. The fourth-order valence-corrected chi connectivity index (χ4v) is 5.57. The average Bonchev–Trinajstić information content (AvgIpc) is 3.23. The summed E-state index contributed by atoms with van der Waals surface area (Å²) in [6, 6.07) is 11.7. The number of benzene rings is 1. The van der Waals surface area contributed by atoms with E-state index in [4.69, 9.17) is 9.47 Å². The number of hydrogen-bond acceptors (Lipinski definition) is 7. The molecule has 1 fully saturated rings. The van der Waals surface area contributed by atoms with Gasteiger partial charge in [-0.15, -0.1) is 0 Å². The number of aromatic nitrogens is 1. The molecule has 1 aromatic carbocycles. The van der Waals surface area contributed by atoms with E-state index >= 15 is 0 Å². The molecule has 1 unspecified atom stereocenters. The van der Waals surface area contributed by atoms with Crippen LogP contribution in [0.25, 0.3) is 0 Å². The fourth-order valence-electron chi connectivity index (χ4n) is 4.55. The quantitative estimate of drug-likeness (QED) is 0.130. The Morgan fingerprint density at radius 2 is 1.57 bits per heavy atom. The molecule has 40 heavy (non-hydrogen) atoms. The lowest BCUT2D eigenvalue weighted by molar-refractivity contribution is -0.149. The number of hydrogen-bond donors (Lipinski definition) is 0. The van der Waals surface area contributed by atoms with Crippen LogP contribution < -0.4 is 4.74 Å². The molecule has 1 atom stereocenters. The maximum absolute atomic E-state index is 12.8. The van der Waals surface area contributed by atoms with Crippen molar-refractivity contribution in [2.75, 3.05) is 13.3 Å². The molecule has 3 rings (SSSR count). The molecule has 7 nitrogen and oxygen atoms in total. The third-order valence-electron chi connectivity index (χ3n) is 7.11. The standard InChI is InChI=1S/C32H44N2O5S/c1-3-5-6-7-8-9-10-11-12-13-30(35)39-24-34-31(36)29(40-32(34)37)22-26-15-18-28(19-16-26)38-21-20-27-17-14-25(4-2)23-33-27/h14-19,23,29H,3-13,20-22,24H2,1-2H3. The van der Waals surface area contributed by atoms with Crippen molar-refractivity contribution < 1.29 is 23.9 Å². The Kier molecular flexibility index (Phi) is 14.0. The van der Waals surface area contributed by atoms with Gasteiger partial charge < -0.3 is 9.47 Å². The zero-order valence-electron chi connectivity index (χ0n) is 24.1. The van der Waals surface area contributed by atoms with Crippen molar-refractivity contribution in [3.63, 3.8) is 0 Å². The monoisotopic (exact) mass is 568 g/mol. The van der Waals surface area contributed by atoms with Crippen LogP contribution in [0.5, 0.6) is 5.75 Å². The third-order valence-corrected chi connectivity index (χ3v) is 8.18.